The van der Waals surface area contributed by atoms with Crippen LogP contribution < -0.4 is 14.8 Å². The molecule has 0 saturated carbocycles. The van der Waals surface area contributed by atoms with Gasteiger partial charge >= 0.3 is 0 Å². The summed E-state index contributed by atoms with van der Waals surface area (Å²) in [5.41, 5.74) is 1.02. The number of hydrogen-bond acceptors (Lipinski definition) is 5. The Hall–Kier alpha value is -2.73. The molecule has 2 aromatic heterocycles. The normalized spacial score (nSPS) is 14.0. The molecule has 26 heavy (non-hydrogen) atoms. The first-order chi connectivity index (χ1) is 12.7. The van der Waals surface area contributed by atoms with Gasteiger partial charge in [0.1, 0.15) is 19.0 Å². The molecule has 1 aliphatic heterocycles. The highest BCUT2D eigenvalue weighted by molar-refractivity contribution is 7.17. The lowest BCUT2D eigenvalue weighted by molar-refractivity contribution is 0.0943. The number of carbonyl (C=O) groups is 1. The zero-order chi connectivity index (χ0) is 17.9. The molecule has 0 fully saturated rings. The van der Waals surface area contributed by atoms with Crippen LogP contribution in [0.25, 0.3) is 10.4 Å². The molecule has 1 N–H and O–H groups in total. The van der Waals surface area contributed by atoms with Crippen molar-refractivity contribution in [2.45, 2.75) is 19.4 Å². The fourth-order valence-corrected chi connectivity index (χ4v) is 3.79. The summed E-state index contributed by atoms with van der Waals surface area (Å²) in [7, 11) is 0. The Labute approximate surface area is 155 Å². The van der Waals surface area contributed by atoms with Crippen LogP contribution in [0.5, 0.6) is 11.5 Å². The second kappa shape index (κ2) is 7.25. The van der Waals surface area contributed by atoms with Gasteiger partial charge in [-0.2, -0.15) is 0 Å². The number of rotatable bonds is 5. The topological polar surface area (TPSA) is 60.7 Å². The van der Waals surface area contributed by atoms with Gasteiger partial charge in [-0.15, -0.1) is 11.3 Å². The summed E-state index contributed by atoms with van der Waals surface area (Å²) in [6, 6.07) is 13.4. The SMILES string of the molecule is CC(Cc1ccco1)NC(=O)c1ccc(-c2ccc3c(c2)OCCO3)s1. The highest BCUT2D eigenvalue weighted by Crippen LogP contribution is 2.36. The maximum atomic E-state index is 12.5. The largest absolute Gasteiger partial charge is 0.486 e. The van der Waals surface area contributed by atoms with Crippen molar-refractivity contribution in [1.29, 1.82) is 0 Å². The van der Waals surface area contributed by atoms with Crippen LogP contribution >= 0.6 is 11.3 Å². The van der Waals surface area contributed by atoms with Crippen LogP contribution in [-0.2, 0) is 6.42 Å². The van der Waals surface area contributed by atoms with Gasteiger partial charge in [0.2, 0.25) is 0 Å². The zero-order valence-electron chi connectivity index (χ0n) is 14.4. The van der Waals surface area contributed by atoms with E-state index in [9.17, 15) is 4.79 Å². The lowest BCUT2D eigenvalue weighted by Gasteiger charge is -2.18. The minimum Gasteiger partial charge on any atom is -0.486 e. The molecule has 3 heterocycles. The molecule has 6 heteroatoms. The molecular formula is C20H19NO4S. The van der Waals surface area contributed by atoms with Gasteiger partial charge < -0.3 is 19.2 Å². The predicted molar refractivity (Wildman–Crippen MR) is 100 cm³/mol. The summed E-state index contributed by atoms with van der Waals surface area (Å²) in [6.45, 7) is 3.10. The van der Waals surface area contributed by atoms with Gasteiger partial charge in [-0.3, -0.25) is 4.79 Å². The summed E-state index contributed by atoms with van der Waals surface area (Å²) in [5.74, 6) is 2.31. The number of fused-ring (bicyclic) bond motifs is 1. The van der Waals surface area contributed by atoms with Crippen molar-refractivity contribution in [3.63, 3.8) is 0 Å². The lowest BCUT2D eigenvalue weighted by atomic mass is 10.1. The van der Waals surface area contributed by atoms with E-state index in [1.54, 1.807) is 6.26 Å². The Bertz CT molecular complexity index is 900. The van der Waals surface area contributed by atoms with Crippen molar-refractivity contribution in [3.05, 3.63) is 59.4 Å². The molecule has 1 aromatic carbocycles. The highest BCUT2D eigenvalue weighted by Gasteiger charge is 2.16. The highest BCUT2D eigenvalue weighted by atomic mass is 32.1. The minimum atomic E-state index is -0.0714. The average Bonchev–Trinajstić information content (AvgIpc) is 3.33. The van der Waals surface area contributed by atoms with E-state index >= 15 is 0 Å². The fourth-order valence-electron chi connectivity index (χ4n) is 2.89. The van der Waals surface area contributed by atoms with E-state index in [-0.39, 0.29) is 11.9 Å². The average molecular weight is 369 g/mol. The second-order valence-electron chi connectivity index (χ2n) is 6.18. The van der Waals surface area contributed by atoms with Gasteiger partial charge in [0.05, 0.1) is 11.1 Å². The molecule has 0 aliphatic carbocycles. The molecule has 0 bridgehead atoms. The van der Waals surface area contributed by atoms with Gasteiger partial charge in [0.15, 0.2) is 11.5 Å². The second-order valence-corrected chi connectivity index (χ2v) is 7.26. The third-order valence-electron chi connectivity index (χ3n) is 4.12. The third kappa shape index (κ3) is 3.60. The molecule has 4 rings (SSSR count). The first kappa shape index (κ1) is 16.7. The quantitative estimate of drug-likeness (QED) is 0.734. The predicted octanol–water partition coefficient (Wildman–Crippen LogP) is 4.14. The Morgan fingerprint density at radius 3 is 2.81 bits per heavy atom. The van der Waals surface area contributed by atoms with E-state index in [1.165, 1.54) is 11.3 Å². The third-order valence-corrected chi connectivity index (χ3v) is 5.25. The van der Waals surface area contributed by atoms with Crippen LogP contribution in [0, 0.1) is 0 Å². The van der Waals surface area contributed by atoms with E-state index < -0.39 is 0 Å². The number of benzene rings is 1. The number of thiophene rings is 1. The lowest BCUT2D eigenvalue weighted by Crippen LogP contribution is -2.33. The van der Waals surface area contributed by atoms with E-state index in [2.05, 4.69) is 5.32 Å². The molecule has 1 amide bonds. The van der Waals surface area contributed by atoms with Crippen LogP contribution in [0.2, 0.25) is 0 Å². The summed E-state index contributed by atoms with van der Waals surface area (Å²) in [4.78, 5) is 14.2. The van der Waals surface area contributed by atoms with Crippen LogP contribution in [0.15, 0.2) is 53.1 Å². The number of amides is 1. The van der Waals surface area contributed by atoms with Crippen LogP contribution in [0.1, 0.15) is 22.4 Å². The Morgan fingerprint density at radius 1 is 1.15 bits per heavy atom. The first-order valence-electron chi connectivity index (χ1n) is 8.52. The number of nitrogens with one attached hydrogen (secondary N) is 1. The number of ether oxygens (including phenoxy) is 2. The number of furan rings is 1. The van der Waals surface area contributed by atoms with Crippen LogP contribution in [0.3, 0.4) is 0 Å². The Morgan fingerprint density at radius 2 is 2.00 bits per heavy atom. The van der Waals surface area contributed by atoms with Crippen molar-refractivity contribution in [2.75, 3.05) is 13.2 Å². The molecular weight excluding hydrogens is 350 g/mol. The molecule has 5 nitrogen and oxygen atoms in total. The molecule has 1 unspecified atom stereocenters. The van der Waals surface area contributed by atoms with Gasteiger partial charge in [0, 0.05) is 17.3 Å². The minimum absolute atomic E-state index is 0.00602. The summed E-state index contributed by atoms with van der Waals surface area (Å²) >= 11 is 1.46. The van der Waals surface area contributed by atoms with E-state index in [1.807, 2.05) is 49.4 Å². The van der Waals surface area contributed by atoms with Crippen LogP contribution in [-0.4, -0.2) is 25.2 Å². The smallest absolute Gasteiger partial charge is 0.261 e. The maximum absolute atomic E-state index is 12.5. The zero-order valence-corrected chi connectivity index (χ0v) is 15.2. The molecule has 134 valence electrons. The van der Waals surface area contributed by atoms with Crippen molar-refractivity contribution in [2.24, 2.45) is 0 Å². The molecule has 0 radical (unpaired) electrons. The van der Waals surface area contributed by atoms with E-state index in [0.29, 0.717) is 24.5 Å². The summed E-state index contributed by atoms with van der Waals surface area (Å²) in [6.07, 6.45) is 2.31. The molecule has 0 spiro atoms. The molecule has 1 atom stereocenters. The molecule has 1 aliphatic rings. The maximum Gasteiger partial charge on any atom is 0.261 e. The van der Waals surface area contributed by atoms with Gasteiger partial charge in [-0.1, -0.05) is 0 Å². The Balaban J connectivity index is 1.44. The van der Waals surface area contributed by atoms with Crippen molar-refractivity contribution in [3.8, 4) is 21.9 Å². The number of hydrogen-bond donors (Lipinski definition) is 1. The first-order valence-corrected chi connectivity index (χ1v) is 9.34. The van der Waals surface area contributed by atoms with E-state index in [4.69, 9.17) is 13.9 Å². The Kier molecular flexibility index (Phi) is 4.67. The van der Waals surface area contributed by atoms with E-state index in [0.717, 1.165) is 27.7 Å². The van der Waals surface area contributed by atoms with Crippen molar-refractivity contribution >= 4 is 17.2 Å². The van der Waals surface area contributed by atoms with Crippen molar-refractivity contribution in [1.82, 2.24) is 5.32 Å². The summed E-state index contributed by atoms with van der Waals surface area (Å²) < 4.78 is 16.5. The van der Waals surface area contributed by atoms with Gasteiger partial charge in [-0.25, -0.2) is 0 Å². The van der Waals surface area contributed by atoms with Gasteiger partial charge in [-0.05, 0) is 55.0 Å². The summed E-state index contributed by atoms with van der Waals surface area (Å²) in [5, 5.41) is 3.02. The van der Waals surface area contributed by atoms with Crippen LogP contribution in [0.4, 0.5) is 0 Å². The molecule has 3 aromatic rings. The fraction of sp³-hybridized carbons (Fsp3) is 0.250. The molecule has 0 saturated heterocycles. The number of carbonyl (C=O) groups excluding carboxylic acids is 1. The standard InChI is InChI=1S/C20H19NO4S/c1-13(11-15-3-2-8-23-15)21-20(22)19-7-6-18(26-19)14-4-5-16-17(12-14)25-10-9-24-16/h2-8,12-13H,9-11H2,1H3,(H,21,22). The van der Waals surface area contributed by atoms with Gasteiger partial charge in [0.25, 0.3) is 5.91 Å². The van der Waals surface area contributed by atoms with Crippen molar-refractivity contribution < 1.29 is 18.7 Å². The monoisotopic (exact) mass is 369 g/mol.